The highest BCUT2D eigenvalue weighted by molar-refractivity contribution is 5.37. The summed E-state index contributed by atoms with van der Waals surface area (Å²) in [5.74, 6) is 0.606. The molecule has 1 unspecified atom stereocenters. The predicted molar refractivity (Wildman–Crippen MR) is 85.3 cm³/mol. The molecule has 3 nitrogen and oxygen atoms in total. The third-order valence-corrected chi connectivity index (χ3v) is 4.26. The monoisotopic (exact) mass is 277 g/mol. The van der Waals surface area contributed by atoms with Gasteiger partial charge in [0.25, 0.3) is 0 Å². The van der Waals surface area contributed by atoms with Crippen LogP contribution in [-0.4, -0.2) is 16.3 Å². The SMILES string of the molecule is CC(C)(C)c1nn(C(C)(C)C)c2c1C(CCN)CCC2. The van der Waals surface area contributed by atoms with Gasteiger partial charge in [0.1, 0.15) is 0 Å². The molecular formula is C17H31N3. The van der Waals surface area contributed by atoms with Crippen molar-refractivity contribution in [3.05, 3.63) is 17.0 Å². The Morgan fingerprint density at radius 1 is 1.20 bits per heavy atom. The molecule has 0 saturated carbocycles. The maximum atomic E-state index is 5.84. The van der Waals surface area contributed by atoms with E-state index in [4.69, 9.17) is 10.8 Å². The highest BCUT2D eigenvalue weighted by Gasteiger charge is 2.35. The highest BCUT2D eigenvalue weighted by Crippen LogP contribution is 2.41. The number of aromatic nitrogens is 2. The van der Waals surface area contributed by atoms with Crippen molar-refractivity contribution in [2.45, 2.75) is 84.1 Å². The second-order valence-electron chi connectivity index (χ2n) is 8.21. The van der Waals surface area contributed by atoms with Crippen LogP contribution in [0.2, 0.25) is 0 Å². The van der Waals surface area contributed by atoms with Crippen molar-refractivity contribution in [1.82, 2.24) is 9.78 Å². The van der Waals surface area contributed by atoms with Gasteiger partial charge in [-0.3, -0.25) is 4.68 Å². The normalized spacial score (nSPS) is 20.1. The Hall–Kier alpha value is -0.830. The van der Waals surface area contributed by atoms with Gasteiger partial charge in [0.05, 0.1) is 11.2 Å². The fourth-order valence-corrected chi connectivity index (χ4v) is 3.39. The molecule has 0 bridgehead atoms. The predicted octanol–water partition coefficient (Wildman–Crippen LogP) is 3.70. The summed E-state index contributed by atoms with van der Waals surface area (Å²) in [5.41, 5.74) is 10.3. The summed E-state index contributed by atoms with van der Waals surface area (Å²) in [6.07, 6.45) is 4.79. The van der Waals surface area contributed by atoms with Gasteiger partial charge in [-0.2, -0.15) is 5.10 Å². The highest BCUT2D eigenvalue weighted by atomic mass is 15.3. The van der Waals surface area contributed by atoms with Crippen LogP contribution >= 0.6 is 0 Å². The molecule has 0 amide bonds. The molecule has 2 rings (SSSR count). The first-order valence-corrected chi connectivity index (χ1v) is 7.99. The Labute approximate surface area is 123 Å². The van der Waals surface area contributed by atoms with E-state index in [1.165, 1.54) is 29.8 Å². The number of rotatable bonds is 2. The topological polar surface area (TPSA) is 43.8 Å². The average Bonchev–Trinajstić information content (AvgIpc) is 2.69. The minimum atomic E-state index is 0.0538. The molecule has 1 aromatic heterocycles. The van der Waals surface area contributed by atoms with Gasteiger partial charge in [0, 0.05) is 16.7 Å². The summed E-state index contributed by atoms with van der Waals surface area (Å²) in [7, 11) is 0. The Morgan fingerprint density at radius 2 is 1.85 bits per heavy atom. The van der Waals surface area contributed by atoms with Crippen molar-refractivity contribution in [2.24, 2.45) is 5.73 Å². The summed E-state index contributed by atoms with van der Waals surface area (Å²) >= 11 is 0. The van der Waals surface area contributed by atoms with Crippen LogP contribution in [0.15, 0.2) is 0 Å². The fraction of sp³-hybridized carbons (Fsp3) is 0.824. The number of hydrogen-bond donors (Lipinski definition) is 1. The van der Waals surface area contributed by atoms with Gasteiger partial charge >= 0.3 is 0 Å². The lowest BCUT2D eigenvalue weighted by molar-refractivity contribution is 0.333. The summed E-state index contributed by atoms with van der Waals surface area (Å²) in [4.78, 5) is 0. The Bertz CT molecular complexity index is 472. The quantitative estimate of drug-likeness (QED) is 0.895. The molecule has 114 valence electrons. The molecule has 0 radical (unpaired) electrons. The number of fused-ring (bicyclic) bond motifs is 1. The van der Waals surface area contributed by atoms with Gasteiger partial charge in [-0.1, -0.05) is 20.8 Å². The van der Waals surface area contributed by atoms with Gasteiger partial charge in [-0.15, -0.1) is 0 Å². The van der Waals surface area contributed by atoms with Crippen LogP contribution in [0.3, 0.4) is 0 Å². The van der Waals surface area contributed by atoms with E-state index >= 15 is 0 Å². The van der Waals surface area contributed by atoms with Gasteiger partial charge < -0.3 is 5.73 Å². The van der Waals surface area contributed by atoms with E-state index in [0.29, 0.717) is 5.92 Å². The molecule has 1 aliphatic carbocycles. The fourth-order valence-electron chi connectivity index (χ4n) is 3.39. The lowest BCUT2D eigenvalue weighted by Gasteiger charge is -2.28. The van der Waals surface area contributed by atoms with Crippen LogP contribution in [-0.2, 0) is 17.4 Å². The van der Waals surface area contributed by atoms with E-state index in [1.807, 2.05) is 0 Å². The van der Waals surface area contributed by atoms with Crippen LogP contribution in [0.4, 0.5) is 0 Å². The molecule has 20 heavy (non-hydrogen) atoms. The van der Waals surface area contributed by atoms with Crippen LogP contribution in [0.5, 0.6) is 0 Å². The Kier molecular flexibility index (Phi) is 4.03. The maximum Gasteiger partial charge on any atom is 0.0715 e. The molecule has 1 aliphatic rings. The minimum Gasteiger partial charge on any atom is -0.330 e. The molecule has 2 N–H and O–H groups in total. The molecular weight excluding hydrogens is 246 g/mol. The largest absolute Gasteiger partial charge is 0.330 e. The standard InChI is InChI=1S/C17H31N3/c1-16(2,3)15-14-12(10-11-18)8-7-9-13(14)20(19-15)17(4,5)6/h12H,7-11,18H2,1-6H3. The zero-order valence-electron chi connectivity index (χ0n) is 14.1. The number of hydrogen-bond acceptors (Lipinski definition) is 2. The van der Waals surface area contributed by atoms with E-state index < -0.39 is 0 Å². The molecule has 1 atom stereocenters. The first-order valence-electron chi connectivity index (χ1n) is 7.99. The van der Waals surface area contributed by atoms with Crippen molar-refractivity contribution in [3.8, 4) is 0 Å². The van der Waals surface area contributed by atoms with Gasteiger partial charge in [0.2, 0.25) is 0 Å². The van der Waals surface area contributed by atoms with Crippen molar-refractivity contribution >= 4 is 0 Å². The van der Waals surface area contributed by atoms with Crippen molar-refractivity contribution < 1.29 is 0 Å². The zero-order valence-corrected chi connectivity index (χ0v) is 14.1. The smallest absolute Gasteiger partial charge is 0.0715 e. The van der Waals surface area contributed by atoms with Crippen molar-refractivity contribution in [2.75, 3.05) is 6.54 Å². The number of nitrogens with two attached hydrogens (primary N) is 1. The van der Waals surface area contributed by atoms with E-state index in [1.54, 1.807) is 0 Å². The van der Waals surface area contributed by atoms with Crippen molar-refractivity contribution in [3.63, 3.8) is 0 Å². The average molecular weight is 277 g/mol. The van der Waals surface area contributed by atoms with Gasteiger partial charge in [0.15, 0.2) is 0 Å². The molecule has 0 spiro atoms. The van der Waals surface area contributed by atoms with Crippen molar-refractivity contribution in [1.29, 1.82) is 0 Å². The first-order chi connectivity index (χ1) is 9.16. The molecule has 0 aromatic carbocycles. The van der Waals surface area contributed by atoms with E-state index in [2.05, 4.69) is 46.2 Å². The second kappa shape index (κ2) is 5.18. The van der Waals surface area contributed by atoms with E-state index in [9.17, 15) is 0 Å². The summed E-state index contributed by atoms with van der Waals surface area (Å²) in [5, 5.41) is 5.04. The summed E-state index contributed by atoms with van der Waals surface area (Å²) in [6.45, 7) is 14.3. The van der Waals surface area contributed by atoms with Crippen LogP contribution in [0, 0.1) is 0 Å². The summed E-state index contributed by atoms with van der Waals surface area (Å²) < 4.78 is 2.28. The van der Waals surface area contributed by atoms with E-state index in [0.717, 1.165) is 19.4 Å². The minimum absolute atomic E-state index is 0.0538. The Morgan fingerprint density at radius 3 is 2.35 bits per heavy atom. The maximum absolute atomic E-state index is 5.84. The molecule has 3 heteroatoms. The molecule has 0 aliphatic heterocycles. The molecule has 1 heterocycles. The molecule has 1 aromatic rings. The first kappa shape index (κ1) is 15.6. The van der Waals surface area contributed by atoms with E-state index in [-0.39, 0.29) is 11.0 Å². The second-order valence-corrected chi connectivity index (χ2v) is 8.21. The third-order valence-electron chi connectivity index (χ3n) is 4.26. The number of nitrogens with zero attached hydrogens (tertiary/aromatic N) is 2. The Balaban J connectivity index is 2.62. The molecule has 0 fully saturated rings. The lowest BCUT2D eigenvalue weighted by atomic mass is 9.77. The molecule has 0 saturated heterocycles. The van der Waals surface area contributed by atoms with Gasteiger partial charge in [-0.05, 0) is 58.9 Å². The van der Waals surface area contributed by atoms with Crippen LogP contribution < -0.4 is 5.73 Å². The van der Waals surface area contributed by atoms with Crippen LogP contribution in [0.1, 0.15) is 83.7 Å². The van der Waals surface area contributed by atoms with Crippen LogP contribution in [0.25, 0.3) is 0 Å². The summed E-state index contributed by atoms with van der Waals surface area (Å²) in [6, 6.07) is 0. The third kappa shape index (κ3) is 2.78. The van der Waals surface area contributed by atoms with Gasteiger partial charge in [-0.25, -0.2) is 0 Å². The zero-order chi connectivity index (χ0) is 15.1. The lowest BCUT2D eigenvalue weighted by Crippen LogP contribution is -2.27.